The molecule has 0 aliphatic carbocycles. The second kappa shape index (κ2) is 9.32. The molecule has 0 radical (unpaired) electrons. The van der Waals surface area contributed by atoms with Crippen molar-refractivity contribution in [1.82, 2.24) is 30.2 Å². The number of benzene rings is 3. The topological polar surface area (TPSA) is 111 Å². The van der Waals surface area contributed by atoms with E-state index in [9.17, 15) is 4.79 Å². The average Bonchev–Trinajstić information content (AvgIpc) is 3.52. The summed E-state index contributed by atoms with van der Waals surface area (Å²) in [4.78, 5) is 19.6. The third-order valence-electron chi connectivity index (χ3n) is 5.44. The lowest BCUT2D eigenvalue weighted by Gasteiger charge is -2.20. The Hall–Kier alpha value is -4.24. The molecule has 1 atom stereocenters. The Morgan fingerprint density at radius 1 is 1.15 bits per heavy atom. The molecular formula is C24H20ClN7O2. The van der Waals surface area contributed by atoms with E-state index in [1.807, 2.05) is 48.5 Å². The van der Waals surface area contributed by atoms with Crippen molar-refractivity contribution >= 4 is 34.3 Å². The first-order valence-electron chi connectivity index (χ1n) is 10.5. The van der Waals surface area contributed by atoms with Gasteiger partial charge in [0, 0.05) is 10.7 Å². The number of methoxy groups -OCH3 is 1. The molecule has 0 saturated carbocycles. The maximum absolute atomic E-state index is 12.2. The van der Waals surface area contributed by atoms with E-state index in [0.717, 1.165) is 27.8 Å². The molecule has 2 heterocycles. The molecule has 9 nitrogen and oxygen atoms in total. The number of carbonyl (C=O) groups is 1. The van der Waals surface area contributed by atoms with Crippen molar-refractivity contribution in [1.29, 1.82) is 0 Å². The van der Waals surface area contributed by atoms with E-state index in [4.69, 9.17) is 16.3 Å². The highest BCUT2D eigenvalue weighted by Gasteiger charge is 2.23. The summed E-state index contributed by atoms with van der Waals surface area (Å²) in [5.74, 6) is 0.165. The monoisotopic (exact) mass is 473 g/mol. The van der Waals surface area contributed by atoms with Crippen LogP contribution in [0.2, 0.25) is 5.02 Å². The Balaban J connectivity index is 1.55. The maximum Gasteiger partial charge on any atom is 0.337 e. The van der Waals surface area contributed by atoms with Crippen LogP contribution in [0.4, 0.5) is 5.69 Å². The molecule has 0 aliphatic rings. The van der Waals surface area contributed by atoms with Crippen molar-refractivity contribution < 1.29 is 9.53 Å². The summed E-state index contributed by atoms with van der Waals surface area (Å²) in [6, 6.07) is 20.1. The highest BCUT2D eigenvalue weighted by atomic mass is 35.5. The van der Waals surface area contributed by atoms with Crippen LogP contribution in [0.25, 0.3) is 11.0 Å². The lowest BCUT2D eigenvalue weighted by molar-refractivity contribution is 0.0600. The summed E-state index contributed by atoms with van der Waals surface area (Å²) in [7, 11) is 1.36. The minimum atomic E-state index is -0.455. The summed E-state index contributed by atoms with van der Waals surface area (Å²) < 4.78 is 6.63. The van der Waals surface area contributed by atoms with Gasteiger partial charge in [-0.15, -0.1) is 5.10 Å². The van der Waals surface area contributed by atoms with Crippen molar-refractivity contribution in [3.8, 4) is 0 Å². The van der Waals surface area contributed by atoms with Crippen LogP contribution in [0.1, 0.15) is 33.4 Å². The number of ether oxygens (including phenoxy) is 1. The Kier molecular flexibility index (Phi) is 5.92. The number of aromatic amines is 1. The summed E-state index contributed by atoms with van der Waals surface area (Å²) >= 11 is 6.03. The zero-order valence-corrected chi connectivity index (χ0v) is 18.9. The molecule has 34 heavy (non-hydrogen) atoms. The molecule has 0 aliphatic heterocycles. The maximum atomic E-state index is 12.2. The van der Waals surface area contributed by atoms with Gasteiger partial charge in [-0.25, -0.2) is 14.5 Å². The van der Waals surface area contributed by atoms with Crippen LogP contribution < -0.4 is 5.32 Å². The molecule has 0 saturated heterocycles. The van der Waals surface area contributed by atoms with Crippen LogP contribution in [0.3, 0.4) is 0 Å². The first kappa shape index (κ1) is 21.6. The fourth-order valence-corrected chi connectivity index (χ4v) is 3.87. The minimum Gasteiger partial charge on any atom is -0.465 e. The summed E-state index contributed by atoms with van der Waals surface area (Å²) in [5.41, 5.74) is 4.82. The number of aromatic nitrogens is 6. The number of H-pyrrole nitrogens is 1. The fourth-order valence-electron chi connectivity index (χ4n) is 3.74. The lowest BCUT2D eigenvalue weighted by atomic mass is 10.0. The molecular weight excluding hydrogens is 454 g/mol. The molecule has 3 aromatic carbocycles. The average molecular weight is 474 g/mol. The van der Waals surface area contributed by atoms with Gasteiger partial charge >= 0.3 is 5.97 Å². The number of esters is 1. The number of hydrogen-bond donors (Lipinski definition) is 2. The van der Waals surface area contributed by atoms with Gasteiger partial charge in [-0.05, 0) is 64.0 Å². The molecule has 5 aromatic rings. The van der Waals surface area contributed by atoms with Crippen molar-refractivity contribution in [3.05, 3.63) is 101 Å². The molecule has 170 valence electrons. The normalized spacial score (nSPS) is 11.9. The Morgan fingerprint density at radius 2 is 2.00 bits per heavy atom. The number of halogens is 1. The van der Waals surface area contributed by atoms with Crippen molar-refractivity contribution in [2.75, 3.05) is 12.4 Å². The third kappa shape index (κ3) is 4.46. The van der Waals surface area contributed by atoms with Gasteiger partial charge in [0.1, 0.15) is 6.04 Å². The van der Waals surface area contributed by atoms with Crippen molar-refractivity contribution in [2.24, 2.45) is 0 Å². The molecule has 1 unspecified atom stereocenters. The molecule has 0 amide bonds. The van der Waals surface area contributed by atoms with Crippen LogP contribution in [0, 0.1) is 0 Å². The van der Waals surface area contributed by atoms with Gasteiger partial charge in [-0.2, -0.15) is 0 Å². The number of fused-ring (bicyclic) bond motifs is 1. The van der Waals surface area contributed by atoms with Gasteiger partial charge in [-0.1, -0.05) is 35.9 Å². The molecule has 0 bridgehead atoms. The Bertz CT molecular complexity index is 1450. The van der Waals surface area contributed by atoms with Crippen LogP contribution >= 0.6 is 11.6 Å². The van der Waals surface area contributed by atoms with E-state index in [1.54, 1.807) is 29.2 Å². The van der Waals surface area contributed by atoms with Gasteiger partial charge in [0.05, 0.1) is 36.6 Å². The number of tetrazole rings is 1. The molecule has 2 aromatic heterocycles. The summed E-state index contributed by atoms with van der Waals surface area (Å²) in [5, 5.41) is 16.6. The van der Waals surface area contributed by atoms with Gasteiger partial charge in [0.2, 0.25) is 0 Å². The standard InChI is InChI=1S/C24H20ClN7O2/c1-34-24(33)17-4-2-3-16(11-17)22(28-19-9-10-20-21(12-19)27-14-26-20)23-29-30-31-32(23)13-15-5-7-18(25)8-6-15/h2-12,14,22,28H,13H2,1H3,(H,26,27). The molecule has 10 heteroatoms. The molecule has 2 N–H and O–H groups in total. The second-order valence-electron chi connectivity index (χ2n) is 7.65. The van der Waals surface area contributed by atoms with E-state index in [2.05, 4.69) is 30.8 Å². The smallest absolute Gasteiger partial charge is 0.337 e. The first-order chi connectivity index (χ1) is 16.6. The lowest BCUT2D eigenvalue weighted by Crippen LogP contribution is -2.19. The highest BCUT2D eigenvalue weighted by molar-refractivity contribution is 6.30. The third-order valence-corrected chi connectivity index (χ3v) is 5.69. The molecule has 5 rings (SSSR count). The Morgan fingerprint density at radius 3 is 2.82 bits per heavy atom. The number of anilines is 1. The minimum absolute atomic E-state index is 0.417. The van der Waals surface area contributed by atoms with E-state index in [-0.39, 0.29) is 0 Å². The van der Waals surface area contributed by atoms with Gasteiger partial charge in [0.25, 0.3) is 0 Å². The quantitative estimate of drug-likeness (QED) is 0.340. The molecule has 0 spiro atoms. The van der Waals surface area contributed by atoms with Gasteiger partial charge in [-0.3, -0.25) is 0 Å². The van der Waals surface area contributed by atoms with Crippen LogP contribution in [0.15, 0.2) is 73.1 Å². The number of rotatable bonds is 7. The SMILES string of the molecule is COC(=O)c1cccc(C(Nc2ccc3[nH]cnc3c2)c2nnnn2Cc2ccc(Cl)cc2)c1. The van der Waals surface area contributed by atoms with Gasteiger partial charge < -0.3 is 15.0 Å². The highest BCUT2D eigenvalue weighted by Crippen LogP contribution is 2.28. The number of imidazole rings is 1. The largest absolute Gasteiger partial charge is 0.465 e. The fraction of sp³-hybridized carbons (Fsp3) is 0.125. The van der Waals surface area contributed by atoms with E-state index >= 15 is 0 Å². The van der Waals surface area contributed by atoms with E-state index in [0.29, 0.717) is 23.0 Å². The van der Waals surface area contributed by atoms with Crippen molar-refractivity contribution in [2.45, 2.75) is 12.6 Å². The van der Waals surface area contributed by atoms with E-state index < -0.39 is 12.0 Å². The van der Waals surface area contributed by atoms with Crippen LogP contribution in [-0.2, 0) is 11.3 Å². The summed E-state index contributed by atoms with van der Waals surface area (Å²) in [6.07, 6.45) is 1.65. The zero-order chi connectivity index (χ0) is 23.5. The van der Waals surface area contributed by atoms with Crippen LogP contribution in [0.5, 0.6) is 0 Å². The predicted molar refractivity (Wildman–Crippen MR) is 128 cm³/mol. The number of carbonyl (C=O) groups excluding carboxylic acids is 1. The molecule has 0 fully saturated rings. The van der Waals surface area contributed by atoms with Crippen molar-refractivity contribution in [3.63, 3.8) is 0 Å². The first-order valence-corrected chi connectivity index (χ1v) is 10.9. The van der Waals surface area contributed by atoms with Crippen LogP contribution in [-0.4, -0.2) is 43.3 Å². The zero-order valence-electron chi connectivity index (χ0n) is 18.1. The predicted octanol–water partition coefficient (Wildman–Crippen LogP) is 4.24. The number of hydrogen-bond acceptors (Lipinski definition) is 7. The second-order valence-corrected chi connectivity index (χ2v) is 8.09. The van der Waals surface area contributed by atoms with E-state index in [1.165, 1.54) is 7.11 Å². The number of nitrogens with zero attached hydrogens (tertiary/aromatic N) is 5. The Labute approximate surface area is 199 Å². The summed E-state index contributed by atoms with van der Waals surface area (Å²) in [6.45, 7) is 0.451. The van der Waals surface area contributed by atoms with Gasteiger partial charge in [0.15, 0.2) is 5.82 Å². The number of nitrogens with one attached hydrogen (secondary N) is 2.